The van der Waals surface area contributed by atoms with Gasteiger partial charge in [0.1, 0.15) is 0 Å². The molecule has 2 heterocycles. The molecular weight excluding hydrogens is 378 g/mol. The smallest absolute Gasteiger partial charge is 0.241 e. The fraction of sp³-hybridized carbons (Fsp3) is 0.417. The summed E-state index contributed by atoms with van der Waals surface area (Å²) in [5.74, 6) is -0.654. The molecule has 1 aromatic carbocycles. The molecule has 3 amide bonds. The Morgan fingerprint density at radius 1 is 1.17 bits per heavy atom. The second kappa shape index (κ2) is 9.20. The average molecular weight is 408 g/mol. The van der Waals surface area contributed by atoms with Crippen molar-refractivity contribution in [1.82, 2.24) is 14.8 Å². The van der Waals surface area contributed by atoms with Crippen LogP contribution in [0.4, 0.5) is 0 Å². The highest BCUT2D eigenvalue weighted by molar-refractivity contribution is 6.10. The van der Waals surface area contributed by atoms with Crippen molar-refractivity contribution >= 4 is 17.7 Å². The van der Waals surface area contributed by atoms with Crippen molar-refractivity contribution in [2.24, 2.45) is 0 Å². The topological polar surface area (TPSA) is 70.6 Å². The van der Waals surface area contributed by atoms with Gasteiger partial charge in [0.15, 0.2) is 0 Å². The maximum atomic E-state index is 13.7. The highest BCUT2D eigenvalue weighted by Gasteiger charge is 2.54. The molecule has 0 radical (unpaired) electrons. The van der Waals surface area contributed by atoms with Gasteiger partial charge in [-0.05, 0) is 42.2 Å². The molecule has 6 nitrogen and oxygen atoms in total. The molecule has 0 N–H and O–H groups in total. The van der Waals surface area contributed by atoms with Crippen LogP contribution in [0, 0.1) is 6.92 Å². The molecule has 6 heteroatoms. The zero-order valence-electron chi connectivity index (χ0n) is 17.9. The van der Waals surface area contributed by atoms with Crippen molar-refractivity contribution < 1.29 is 14.4 Å². The fourth-order valence-electron chi connectivity index (χ4n) is 4.10. The SMILES string of the molecule is CCCCN(C)C(=O)C[C@]1(c2ccccc2C)CC(=O)N(Cc2ccncc2)C1=O. The molecule has 1 atom stereocenters. The summed E-state index contributed by atoms with van der Waals surface area (Å²) in [7, 11) is 1.76. The van der Waals surface area contributed by atoms with Gasteiger partial charge in [0.2, 0.25) is 17.7 Å². The highest BCUT2D eigenvalue weighted by Crippen LogP contribution is 2.42. The number of hydrogen-bond donors (Lipinski definition) is 0. The standard InChI is InChI=1S/C24H29N3O3/c1-4-5-14-26(3)21(28)15-24(20-9-7-6-8-18(20)2)16-22(29)27(23(24)30)17-19-10-12-25-13-11-19/h6-13H,4-5,14-17H2,1-3H3/t24-/m1/s1. The Morgan fingerprint density at radius 2 is 1.87 bits per heavy atom. The molecule has 0 spiro atoms. The van der Waals surface area contributed by atoms with Crippen molar-refractivity contribution in [3.05, 3.63) is 65.5 Å². The minimum Gasteiger partial charge on any atom is -0.346 e. The van der Waals surface area contributed by atoms with Crippen LogP contribution in [0.1, 0.15) is 49.3 Å². The Hall–Kier alpha value is -3.02. The van der Waals surface area contributed by atoms with E-state index in [1.807, 2.05) is 31.2 Å². The summed E-state index contributed by atoms with van der Waals surface area (Å²) >= 11 is 0. The number of nitrogens with zero attached hydrogens (tertiary/aromatic N) is 3. The van der Waals surface area contributed by atoms with E-state index in [1.54, 1.807) is 36.5 Å². The number of carbonyl (C=O) groups is 3. The first-order valence-corrected chi connectivity index (χ1v) is 10.4. The van der Waals surface area contributed by atoms with Crippen LogP contribution in [-0.2, 0) is 26.3 Å². The Bertz CT molecular complexity index is 928. The zero-order valence-corrected chi connectivity index (χ0v) is 17.9. The second-order valence-electron chi connectivity index (χ2n) is 8.06. The Morgan fingerprint density at radius 3 is 2.53 bits per heavy atom. The number of hydrogen-bond acceptors (Lipinski definition) is 4. The van der Waals surface area contributed by atoms with Crippen LogP contribution in [0.3, 0.4) is 0 Å². The van der Waals surface area contributed by atoms with Gasteiger partial charge in [-0.3, -0.25) is 24.3 Å². The van der Waals surface area contributed by atoms with Gasteiger partial charge in [-0.15, -0.1) is 0 Å². The van der Waals surface area contributed by atoms with Crippen LogP contribution in [0.15, 0.2) is 48.8 Å². The predicted molar refractivity (Wildman–Crippen MR) is 114 cm³/mol. The van der Waals surface area contributed by atoms with E-state index in [4.69, 9.17) is 0 Å². The molecule has 0 bridgehead atoms. The van der Waals surface area contributed by atoms with Crippen molar-refractivity contribution in [2.45, 2.75) is 51.5 Å². The zero-order chi connectivity index (χ0) is 21.7. The van der Waals surface area contributed by atoms with Crippen LogP contribution < -0.4 is 0 Å². The van der Waals surface area contributed by atoms with Gasteiger partial charge in [-0.2, -0.15) is 0 Å². The molecule has 2 aromatic rings. The van der Waals surface area contributed by atoms with Gasteiger partial charge < -0.3 is 4.90 Å². The summed E-state index contributed by atoms with van der Waals surface area (Å²) < 4.78 is 0. The van der Waals surface area contributed by atoms with Gasteiger partial charge in [-0.1, -0.05) is 37.6 Å². The van der Waals surface area contributed by atoms with Gasteiger partial charge in [0.05, 0.1) is 12.0 Å². The third-order valence-corrected chi connectivity index (χ3v) is 5.89. The van der Waals surface area contributed by atoms with Crippen LogP contribution in [0.25, 0.3) is 0 Å². The number of likely N-dealkylation sites (tertiary alicyclic amines) is 1. The second-order valence-corrected chi connectivity index (χ2v) is 8.06. The summed E-state index contributed by atoms with van der Waals surface area (Å²) in [6, 6.07) is 11.1. The number of benzene rings is 1. The normalized spacial score (nSPS) is 18.7. The third-order valence-electron chi connectivity index (χ3n) is 5.89. The molecule has 1 saturated heterocycles. The van der Waals surface area contributed by atoms with E-state index in [1.165, 1.54) is 4.90 Å². The molecule has 1 aromatic heterocycles. The quantitative estimate of drug-likeness (QED) is 0.630. The first-order chi connectivity index (χ1) is 14.4. The van der Waals surface area contributed by atoms with Crippen LogP contribution in [0.2, 0.25) is 0 Å². The lowest BCUT2D eigenvalue weighted by Crippen LogP contribution is -2.43. The molecule has 3 rings (SSSR count). The third kappa shape index (κ3) is 4.27. The first-order valence-electron chi connectivity index (χ1n) is 10.4. The van der Waals surface area contributed by atoms with Crippen LogP contribution >= 0.6 is 0 Å². The molecule has 1 fully saturated rings. The number of imide groups is 1. The summed E-state index contributed by atoms with van der Waals surface area (Å²) in [4.78, 5) is 46.7. The van der Waals surface area contributed by atoms with Crippen molar-refractivity contribution in [3.8, 4) is 0 Å². The molecule has 0 unspecified atom stereocenters. The van der Waals surface area contributed by atoms with Crippen molar-refractivity contribution in [1.29, 1.82) is 0 Å². The number of amides is 3. The van der Waals surface area contributed by atoms with E-state index in [0.29, 0.717) is 6.54 Å². The number of pyridine rings is 1. The lowest BCUT2D eigenvalue weighted by molar-refractivity contribution is -0.143. The molecule has 0 saturated carbocycles. The van der Waals surface area contributed by atoms with Gasteiger partial charge in [-0.25, -0.2) is 0 Å². The number of carbonyl (C=O) groups excluding carboxylic acids is 3. The molecule has 1 aliphatic heterocycles. The lowest BCUT2D eigenvalue weighted by Gasteiger charge is -2.30. The van der Waals surface area contributed by atoms with Crippen LogP contribution in [0.5, 0.6) is 0 Å². The number of aromatic nitrogens is 1. The van der Waals surface area contributed by atoms with E-state index in [0.717, 1.165) is 29.5 Å². The first kappa shape index (κ1) is 21.7. The molecule has 30 heavy (non-hydrogen) atoms. The largest absolute Gasteiger partial charge is 0.346 e. The summed E-state index contributed by atoms with van der Waals surface area (Å²) in [6.07, 6.45) is 5.17. The van der Waals surface area contributed by atoms with Crippen LogP contribution in [-0.4, -0.2) is 46.1 Å². The molecule has 1 aliphatic rings. The maximum absolute atomic E-state index is 13.7. The fourth-order valence-corrected chi connectivity index (χ4v) is 4.10. The lowest BCUT2D eigenvalue weighted by atomic mass is 9.74. The number of unbranched alkanes of at least 4 members (excludes halogenated alkanes) is 1. The van der Waals surface area contributed by atoms with E-state index in [2.05, 4.69) is 11.9 Å². The Balaban J connectivity index is 1.96. The summed E-state index contributed by atoms with van der Waals surface area (Å²) in [6.45, 7) is 4.82. The minimum atomic E-state index is -1.16. The maximum Gasteiger partial charge on any atom is 0.241 e. The molecular formula is C24H29N3O3. The summed E-state index contributed by atoms with van der Waals surface area (Å²) in [5, 5.41) is 0. The van der Waals surface area contributed by atoms with E-state index >= 15 is 0 Å². The highest BCUT2D eigenvalue weighted by atomic mass is 16.2. The van der Waals surface area contributed by atoms with E-state index in [9.17, 15) is 14.4 Å². The molecule has 158 valence electrons. The Labute approximate surface area is 177 Å². The van der Waals surface area contributed by atoms with Gasteiger partial charge in [0, 0.05) is 38.8 Å². The predicted octanol–water partition coefficient (Wildman–Crippen LogP) is 3.24. The monoisotopic (exact) mass is 407 g/mol. The molecule has 0 aliphatic carbocycles. The average Bonchev–Trinajstić information content (AvgIpc) is 2.97. The number of rotatable bonds is 8. The Kier molecular flexibility index (Phi) is 6.65. The van der Waals surface area contributed by atoms with E-state index < -0.39 is 5.41 Å². The number of aryl methyl sites for hydroxylation is 1. The van der Waals surface area contributed by atoms with E-state index in [-0.39, 0.29) is 37.1 Å². The minimum absolute atomic E-state index is 0.00448. The summed E-state index contributed by atoms with van der Waals surface area (Å²) in [5.41, 5.74) is 1.34. The van der Waals surface area contributed by atoms with Gasteiger partial charge >= 0.3 is 0 Å². The van der Waals surface area contributed by atoms with Crippen molar-refractivity contribution in [3.63, 3.8) is 0 Å². The van der Waals surface area contributed by atoms with Crippen molar-refractivity contribution in [2.75, 3.05) is 13.6 Å². The van der Waals surface area contributed by atoms with Gasteiger partial charge in [0.25, 0.3) is 0 Å².